The molecule has 1 N–H and O–H groups in total. The highest BCUT2D eigenvalue weighted by Gasteiger charge is 2.20. The van der Waals surface area contributed by atoms with Gasteiger partial charge >= 0.3 is 0 Å². The van der Waals surface area contributed by atoms with Crippen LogP contribution in [-0.2, 0) is 16.4 Å². The molecular weight excluding hydrogens is 410 g/mol. The number of anilines is 1. The molecule has 29 heavy (non-hydrogen) atoms. The van der Waals surface area contributed by atoms with Crippen molar-refractivity contribution in [1.29, 1.82) is 0 Å². The van der Waals surface area contributed by atoms with Crippen molar-refractivity contribution in [2.75, 3.05) is 11.6 Å². The number of nitrogens with one attached hydrogen (secondary N) is 1. The molecule has 150 valence electrons. The van der Waals surface area contributed by atoms with Gasteiger partial charge in [-0.2, -0.15) is 5.10 Å². The van der Waals surface area contributed by atoms with Crippen LogP contribution in [0.3, 0.4) is 0 Å². The third-order valence-corrected chi connectivity index (χ3v) is 6.60. The van der Waals surface area contributed by atoms with Gasteiger partial charge in [0.1, 0.15) is 0 Å². The van der Waals surface area contributed by atoms with E-state index >= 15 is 0 Å². The minimum atomic E-state index is -3.31. The highest BCUT2D eigenvalue weighted by molar-refractivity contribution is 7.90. The Kier molecular flexibility index (Phi) is 4.62. The predicted molar refractivity (Wildman–Crippen MR) is 113 cm³/mol. The molecule has 0 fully saturated rings. The third-order valence-electron chi connectivity index (χ3n) is 4.56. The summed E-state index contributed by atoms with van der Waals surface area (Å²) in [4.78, 5) is 22.2. The van der Waals surface area contributed by atoms with Gasteiger partial charge in [-0.15, -0.1) is 0 Å². The second-order valence-electron chi connectivity index (χ2n) is 6.79. The second kappa shape index (κ2) is 6.89. The van der Waals surface area contributed by atoms with E-state index in [2.05, 4.69) is 20.4 Å². The minimum Gasteiger partial charge on any atom is -0.298 e. The van der Waals surface area contributed by atoms with Crippen molar-refractivity contribution >= 4 is 53.5 Å². The van der Waals surface area contributed by atoms with Gasteiger partial charge in [0.15, 0.2) is 20.6 Å². The summed E-state index contributed by atoms with van der Waals surface area (Å²) in [5.41, 5.74) is 3.25. The van der Waals surface area contributed by atoms with Crippen molar-refractivity contribution in [3.05, 3.63) is 41.2 Å². The van der Waals surface area contributed by atoms with Crippen molar-refractivity contribution < 1.29 is 13.2 Å². The summed E-state index contributed by atoms with van der Waals surface area (Å²) in [5.74, 6) is -0.304. The highest BCUT2D eigenvalue weighted by Crippen LogP contribution is 2.29. The largest absolute Gasteiger partial charge is 0.298 e. The zero-order valence-electron chi connectivity index (χ0n) is 16.3. The van der Waals surface area contributed by atoms with Crippen molar-refractivity contribution in [1.82, 2.24) is 19.7 Å². The Labute approximate surface area is 171 Å². The highest BCUT2D eigenvalue weighted by atomic mass is 32.2. The van der Waals surface area contributed by atoms with E-state index in [9.17, 15) is 13.2 Å². The number of hydrogen-bond acceptors (Lipinski definition) is 7. The maximum absolute atomic E-state index is 13.0. The molecule has 3 heterocycles. The van der Waals surface area contributed by atoms with E-state index in [4.69, 9.17) is 0 Å². The van der Waals surface area contributed by atoms with Gasteiger partial charge < -0.3 is 0 Å². The molecule has 0 saturated heterocycles. The fourth-order valence-corrected chi connectivity index (χ4v) is 4.85. The van der Waals surface area contributed by atoms with Crippen LogP contribution >= 0.6 is 11.3 Å². The van der Waals surface area contributed by atoms with Gasteiger partial charge in [0.05, 0.1) is 31.8 Å². The summed E-state index contributed by atoms with van der Waals surface area (Å²) < 4.78 is 26.0. The van der Waals surface area contributed by atoms with Crippen LogP contribution in [0.1, 0.15) is 28.7 Å². The molecule has 0 aliphatic carbocycles. The lowest BCUT2D eigenvalue weighted by Gasteiger charge is -2.06. The monoisotopic (exact) mass is 429 g/mol. The lowest BCUT2D eigenvalue weighted by atomic mass is 10.1. The SMILES string of the molecule is CCn1nc(C)c2c(C(=O)Nc3nc4ccc(S(C)(=O)=O)cc4s3)cc(C)nc21. The Morgan fingerprint density at radius 2 is 1.97 bits per heavy atom. The summed E-state index contributed by atoms with van der Waals surface area (Å²) in [6.07, 6.45) is 1.16. The Morgan fingerprint density at radius 3 is 2.66 bits per heavy atom. The first kappa shape index (κ1) is 19.5. The summed E-state index contributed by atoms with van der Waals surface area (Å²) >= 11 is 1.23. The molecule has 4 aromatic rings. The maximum atomic E-state index is 13.0. The van der Waals surface area contributed by atoms with Crippen LogP contribution in [0.4, 0.5) is 5.13 Å². The van der Waals surface area contributed by atoms with Gasteiger partial charge in [0.25, 0.3) is 5.91 Å². The van der Waals surface area contributed by atoms with Crippen LogP contribution in [-0.4, -0.2) is 40.3 Å². The molecule has 0 bridgehead atoms. The van der Waals surface area contributed by atoms with E-state index in [-0.39, 0.29) is 10.8 Å². The molecule has 0 radical (unpaired) electrons. The van der Waals surface area contributed by atoms with Gasteiger partial charge in [-0.3, -0.25) is 10.1 Å². The second-order valence-corrected chi connectivity index (χ2v) is 9.83. The number of aryl methyl sites for hydroxylation is 3. The fraction of sp³-hybridized carbons (Fsp3) is 0.263. The molecule has 0 aliphatic rings. The first-order valence-corrected chi connectivity index (χ1v) is 11.6. The van der Waals surface area contributed by atoms with E-state index in [0.717, 1.165) is 23.0 Å². The average Bonchev–Trinajstić information content (AvgIpc) is 3.19. The van der Waals surface area contributed by atoms with E-state index in [0.29, 0.717) is 33.1 Å². The predicted octanol–water partition coefficient (Wildman–Crippen LogP) is 3.33. The molecule has 4 rings (SSSR count). The first-order chi connectivity index (χ1) is 13.7. The van der Waals surface area contributed by atoms with Crippen LogP contribution < -0.4 is 5.32 Å². The number of nitrogens with zero attached hydrogens (tertiary/aromatic N) is 4. The van der Waals surface area contributed by atoms with Crippen LogP contribution in [0.25, 0.3) is 21.3 Å². The normalized spacial score (nSPS) is 12.0. The first-order valence-electron chi connectivity index (χ1n) is 8.94. The van der Waals surface area contributed by atoms with E-state index in [1.807, 2.05) is 20.8 Å². The zero-order chi connectivity index (χ0) is 20.9. The molecule has 0 unspecified atom stereocenters. The van der Waals surface area contributed by atoms with Crippen molar-refractivity contribution in [3.8, 4) is 0 Å². The molecule has 1 aromatic carbocycles. The smallest absolute Gasteiger partial charge is 0.258 e. The Hall–Kier alpha value is -2.85. The number of benzene rings is 1. The number of fused-ring (bicyclic) bond motifs is 2. The minimum absolute atomic E-state index is 0.223. The van der Waals surface area contributed by atoms with Crippen molar-refractivity contribution in [2.45, 2.75) is 32.2 Å². The number of hydrogen-bond donors (Lipinski definition) is 1. The van der Waals surface area contributed by atoms with E-state index < -0.39 is 9.84 Å². The zero-order valence-corrected chi connectivity index (χ0v) is 18.0. The number of amides is 1. The molecule has 10 heteroatoms. The van der Waals surface area contributed by atoms with Crippen LogP contribution in [0.5, 0.6) is 0 Å². The molecule has 1 amide bonds. The summed E-state index contributed by atoms with van der Waals surface area (Å²) in [7, 11) is -3.31. The maximum Gasteiger partial charge on any atom is 0.258 e. The molecule has 0 spiro atoms. The quantitative estimate of drug-likeness (QED) is 0.533. The summed E-state index contributed by atoms with van der Waals surface area (Å²) in [5, 5.41) is 8.42. The molecular formula is C19H19N5O3S2. The average molecular weight is 430 g/mol. The van der Waals surface area contributed by atoms with Crippen LogP contribution in [0.15, 0.2) is 29.2 Å². The van der Waals surface area contributed by atoms with Gasteiger partial charge in [-0.05, 0) is 45.0 Å². The van der Waals surface area contributed by atoms with E-state index in [1.54, 1.807) is 22.9 Å². The number of carbonyl (C=O) groups is 1. The lowest BCUT2D eigenvalue weighted by molar-refractivity contribution is 0.102. The van der Waals surface area contributed by atoms with E-state index in [1.165, 1.54) is 17.4 Å². The van der Waals surface area contributed by atoms with Gasteiger partial charge in [0.2, 0.25) is 0 Å². The summed E-state index contributed by atoms with van der Waals surface area (Å²) in [6.45, 7) is 6.32. The van der Waals surface area contributed by atoms with Crippen molar-refractivity contribution in [2.24, 2.45) is 0 Å². The molecule has 8 nitrogen and oxygen atoms in total. The Bertz CT molecular complexity index is 1390. The number of pyridine rings is 1. The van der Waals surface area contributed by atoms with Crippen LogP contribution in [0.2, 0.25) is 0 Å². The van der Waals surface area contributed by atoms with Crippen molar-refractivity contribution in [3.63, 3.8) is 0 Å². The molecule has 0 aliphatic heterocycles. The van der Waals surface area contributed by atoms with Gasteiger partial charge in [-0.25, -0.2) is 23.1 Å². The number of carbonyl (C=O) groups excluding carboxylic acids is 1. The Morgan fingerprint density at radius 1 is 1.21 bits per heavy atom. The number of thiazole rings is 1. The molecule has 0 atom stereocenters. The van der Waals surface area contributed by atoms with Gasteiger partial charge in [-0.1, -0.05) is 11.3 Å². The summed E-state index contributed by atoms with van der Waals surface area (Å²) in [6, 6.07) is 6.47. The molecule has 3 aromatic heterocycles. The number of sulfone groups is 1. The standard InChI is InChI=1S/C19H19N5O3S2/c1-5-24-17-16(11(3)23-24)13(8-10(2)20-17)18(25)22-19-21-14-7-6-12(29(4,26)27)9-15(14)28-19/h6-9H,5H2,1-4H3,(H,21,22,25). The van der Waals surface area contributed by atoms with Crippen LogP contribution in [0, 0.1) is 13.8 Å². The third kappa shape index (κ3) is 3.49. The molecule has 0 saturated carbocycles. The number of aromatic nitrogens is 4. The number of rotatable bonds is 4. The fourth-order valence-electron chi connectivity index (χ4n) is 3.23. The lowest BCUT2D eigenvalue weighted by Crippen LogP contribution is -2.13. The van der Waals surface area contributed by atoms with Gasteiger partial charge in [0, 0.05) is 18.5 Å². The Balaban J connectivity index is 1.74. The topological polar surface area (TPSA) is 107 Å².